The van der Waals surface area contributed by atoms with Crippen LogP contribution in [-0.2, 0) is 4.79 Å². The molecule has 0 bridgehead atoms. The molecule has 0 saturated heterocycles. The van der Waals surface area contributed by atoms with Gasteiger partial charge in [-0.25, -0.2) is 0 Å². The van der Waals surface area contributed by atoms with Crippen LogP contribution in [-0.4, -0.2) is 23.0 Å². The highest BCUT2D eigenvalue weighted by atomic mass is 35.5. The summed E-state index contributed by atoms with van der Waals surface area (Å²) in [5, 5.41) is -1.23. The molecular formula is C10H10ClF3N2O. The molecular weight excluding hydrogens is 257 g/mol. The van der Waals surface area contributed by atoms with E-state index in [1.54, 1.807) is 13.8 Å². The lowest BCUT2D eigenvalue weighted by molar-refractivity contribution is -0.118. The van der Waals surface area contributed by atoms with Crippen LogP contribution in [0.1, 0.15) is 13.8 Å². The minimum absolute atomic E-state index is 0.509. The molecule has 3 nitrogen and oxygen atoms in total. The molecule has 94 valence electrons. The molecule has 0 radical (unpaired) electrons. The minimum Gasteiger partial charge on any atom is -0.361 e. The van der Waals surface area contributed by atoms with Gasteiger partial charge in [0.05, 0.1) is 0 Å². The Bertz CT molecular complexity index is 422. The van der Waals surface area contributed by atoms with E-state index < -0.39 is 34.2 Å². The van der Waals surface area contributed by atoms with E-state index in [0.717, 1.165) is 6.08 Å². The summed E-state index contributed by atoms with van der Waals surface area (Å²) in [7, 11) is 0. The van der Waals surface area contributed by atoms with Crippen LogP contribution in [0.3, 0.4) is 0 Å². The fourth-order valence-electron chi connectivity index (χ4n) is 1.92. The molecule has 0 N–H and O–H groups in total. The van der Waals surface area contributed by atoms with Crippen molar-refractivity contribution in [1.29, 1.82) is 0 Å². The van der Waals surface area contributed by atoms with Gasteiger partial charge in [-0.3, -0.25) is 4.79 Å². The number of alkyl halides is 3. The number of ketones is 1. The fraction of sp³-hybridized carbons (Fsp3) is 0.600. The summed E-state index contributed by atoms with van der Waals surface area (Å²) in [5.41, 5.74) is 7.60. The molecule has 0 amide bonds. The number of nitrogens with zero attached hydrogens (tertiary/aromatic N) is 2. The zero-order valence-corrected chi connectivity index (χ0v) is 9.88. The van der Waals surface area contributed by atoms with E-state index in [9.17, 15) is 18.0 Å². The average molecular weight is 267 g/mol. The summed E-state index contributed by atoms with van der Waals surface area (Å²) in [5.74, 6) is -1.73. The number of halogens is 4. The standard InChI is InChI=1S/C10H10ClF3N2O/c1-9(2)5(3-7(11)10(12,13)14)8(9)6(17)4-16-15/h3-5,8H,1-2H3/b7-3+/t5-,8-/m1/s1. The van der Waals surface area contributed by atoms with Crippen molar-refractivity contribution in [1.82, 2.24) is 0 Å². The first-order chi connectivity index (χ1) is 7.62. The molecule has 1 fully saturated rings. The van der Waals surface area contributed by atoms with Crippen LogP contribution in [0.5, 0.6) is 0 Å². The largest absolute Gasteiger partial charge is 0.426 e. The molecule has 1 aliphatic carbocycles. The predicted octanol–water partition coefficient (Wildman–Crippen LogP) is 2.81. The van der Waals surface area contributed by atoms with Crippen molar-refractivity contribution in [3.63, 3.8) is 0 Å². The molecule has 1 saturated carbocycles. The Labute approximate surface area is 101 Å². The van der Waals surface area contributed by atoms with E-state index in [0.29, 0.717) is 6.21 Å². The number of hydrogen-bond acceptors (Lipinski definition) is 1. The van der Waals surface area contributed by atoms with Gasteiger partial charge in [0.15, 0.2) is 0 Å². The van der Waals surface area contributed by atoms with E-state index in [4.69, 9.17) is 17.1 Å². The topological polar surface area (TPSA) is 53.5 Å². The van der Waals surface area contributed by atoms with E-state index in [1.807, 2.05) is 0 Å². The predicted molar refractivity (Wildman–Crippen MR) is 55.4 cm³/mol. The Balaban J connectivity index is 2.89. The van der Waals surface area contributed by atoms with Gasteiger partial charge in [0.25, 0.3) is 0 Å². The number of allylic oxidation sites excluding steroid dienone is 2. The van der Waals surface area contributed by atoms with Crippen LogP contribution >= 0.6 is 11.6 Å². The van der Waals surface area contributed by atoms with Gasteiger partial charge >= 0.3 is 12.4 Å². The molecule has 0 aliphatic heterocycles. The van der Waals surface area contributed by atoms with Gasteiger partial charge in [-0.2, -0.15) is 18.0 Å². The maximum absolute atomic E-state index is 12.2. The van der Waals surface area contributed by atoms with Crippen molar-refractivity contribution in [3.8, 4) is 0 Å². The van der Waals surface area contributed by atoms with Crippen molar-refractivity contribution in [2.75, 3.05) is 0 Å². The Morgan fingerprint density at radius 1 is 1.47 bits per heavy atom. The Morgan fingerprint density at radius 2 is 2.00 bits per heavy atom. The van der Waals surface area contributed by atoms with E-state index in [-0.39, 0.29) is 0 Å². The first-order valence-electron chi connectivity index (χ1n) is 4.78. The third-order valence-corrected chi connectivity index (χ3v) is 3.34. The quantitative estimate of drug-likeness (QED) is 0.440. The SMILES string of the molecule is CC1(C)[C@H](/C=C(/Cl)C(F)(F)F)[C@@H]1C(=O)C=[N+]=[N-]. The van der Waals surface area contributed by atoms with Crippen molar-refractivity contribution in [2.45, 2.75) is 20.0 Å². The molecule has 0 aromatic rings. The summed E-state index contributed by atoms with van der Waals surface area (Å²) in [6.45, 7) is 3.31. The van der Waals surface area contributed by atoms with Crippen LogP contribution < -0.4 is 0 Å². The van der Waals surface area contributed by atoms with Gasteiger partial charge < -0.3 is 5.53 Å². The van der Waals surface area contributed by atoms with Crippen molar-refractivity contribution >= 4 is 23.6 Å². The number of Topliss-reactive ketones (excluding diaryl/α,β-unsaturated/α-hetero) is 1. The highest BCUT2D eigenvalue weighted by Crippen LogP contribution is 2.60. The first kappa shape index (κ1) is 13.9. The monoisotopic (exact) mass is 266 g/mol. The Morgan fingerprint density at radius 3 is 2.41 bits per heavy atom. The molecule has 1 rings (SSSR count). The van der Waals surface area contributed by atoms with Crippen LogP contribution in [0.25, 0.3) is 5.53 Å². The van der Waals surface area contributed by atoms with E-state index in [2.05, 4.69) is 4.79 Å². The second kappa shape index (κ2) is 4.27. The highest BCUT2D eigenvalue weighted by Gasteiger charge is 2.61. The molecule has 1 aliphatic rings. The lowest BCUT2D eigenvalue weighted by atomic mass is 10.1. The van der Waals surface area contributed by atoms with Crippen LogP contribution in [0.15, 0.2) is 11.1 Å². The maximum atomic E-state index is 12.2. The summed E-state index contributed by atoms with van der Waals surface area (Å²) in [6, 6.07) is 0. The zero-order chi connectivity index (χ0) is 13.4. The average Bonchev–Trinajstić information content (AvgIpc) is 2.67. The normalized spacial score (nSPS) is 27.3. The summed E-state index contributed by atoms with van der Waals surface area (Å²) < 4.78 is 36.6. The molecule has 0 unspecified atom stereocenters. The number of carbonyl (C=O) groups is 1. The number of carbonyl (C=O) groups excluding carboxylic acids is 1. The Hall–Kier alpha value is -1.13. The van der Waals surface area contributed by atoms with Gasteiger partial charge in [0.1, 0.15) is 5.03 Å². The second-order valence-electron chi connectivity index (χ2n) is 4.48. The maximum Gasteiger partial charge on any atom is 0.426 e. The molecule has 0 spiro atoms. The van der Waals surface area contributed by atoms with Crippen LogP contribution in [0, 0.1) is 17.3 Å². The fourth-order valence-corrected chi connectivity index (χ4v) is 2.06. The lowest BCUT2D eigenvalue weighted by Crippen LogP contribution is -2.08. The molecule has 17 heavy (non-hydrogen) atoms. The van der Waals surface area contributed by atoms with Crippen molar-refractivity contribution < 1.29 is 22.8 Å². The molecule has 0 heterocycles. The smallest absolute Gasteiger partial charge is 0.361 e. The second-order valence-corrected chi connectivity index (χ2v) is 4.89. The van der Waals surface area contributed by atoms with Crippen LogP contribution in [0.2, 0.25) is 0 Å². The third-order valence-electron chi connectivity index (χ3n) is 3.00. The van der Waals surface area contributed by atoms with Crippen molar-refractivity contribution in [2.24, 2.45) is 17.3 Å². The molecule has 2 atom stereocenters. The van der Waals surface area contributed by atoms with Gasteiger partial charge in [-0.1, -0.05) is 31.5 Å². The molecule has 0 aromatic heterocycles. The summed E-state index contributed by atoms with van der Waals surface area (Å²) >= 11 is 5.11. The Kier molecular flexibility index (Phi) is 3.50. The van der Waals surface area contributed by atoms with Crippen molar-refractivity contribution in [3.05, 3.63) is 16.6 Å². The van der Waals surface area contributed by atoms with Gasteiger partial charge in [0, 0.05) is 5.92 Å². The summed E-state index contributed by atoms with van der Waals surface area (Å²) in [6.07, 6.45) is -3.06. The summed E-state index contributed by atoms with van der Waals surface area (Å²) in [4.78, 5) is 14.0. The zero-order valence-electron chi connectivity index (χ0n) is 9.12. The number of rotatable bonds is 3. The molecule has 7 heteroatoms. The molecule has 0 aromatic carbocycles. The van der Waals surface area contributed by atoms with E-state index >= 15 is 0 Å². The first-order valence-corrected chi connectivity index (χ1v) is 5.16. The third kappa shape index (κ3) is 2.76. The highest BCUT2D eigenvalue weighted by molar-refractivity contribution is 6.30. The van der Waals surface area contributed by atoms with Gasteiger partial charge in [-0.15, -0.1) is 0 Å². The van der Waals surface area contributed by atoms with E-state index in [1.165, 1.54) is 0 Å². The number of hydrogen-bond donors (Lipinski definition) is 0. The van der Waals surface area contributed by atoms with Crippen LogP contribution in [0.4, 0.5) is 13.2 Å². The van der Waals surface area contributed by atoms with Gasteiger partial charge in [-0.05, 0) is 11.3 Å². The van der Waals surface area contributed by atoms with Gasteiger partial charge in [0.2, 0.25) is 5.78 Å². The minimum atomic E-state index is -4.60. The lowest BCUT2D eigenvalue weighted by Gasteiger charge is -2.04.